The smallest absolute Gasteiger partial charge is 0.316 e. The summed E-state index contributed by atoms with van der Waals surface area (Å²) in [6.07, 6.45) is 0.780. The fourth-order valence-electron chi connectivity index (χ4n) is 3.82. The van der Waals surface area contributed by atoms with E-state index in [1.54, 1.807) is 0 Å². The van der Waals surface area contributed by atoms with E-state index in [0.717, 1.165) is 32.7 Å². The highest BCUT2D eigenvalue weighted by molar-refractivity contribution is 4.89. The minimum absolute atomic E-state index is 0.333. The monoisotopic (exact) mass is 307 g/mol. The standard InChI is InChI=1S/C15H28F3N3/c1-2-4-14(5-3-6-19-11-14)12-20-7-9-21(10-8-20)13-15(16,17)18/h19H,2-13H2,1H3. The van der Waals surface area contributed by atoms with E-state index in [4.69, 9.17) is 0 Å². The van der Waals surface area contributed by atoms with E-state index in [-0.39, 0.29) is 0 Å². The van der Waals surface area contributed by atoms with Crippen LogP contribution in [-0.4, -0.2) is 68.3 Å². The molecule has 2 heterocycles. The average molecular weight is 307 g/mol. The number of hydrogen-bond donors (Lipinski definition) is 1. The van der Waals surface area contributed by atoms with Gasteiger partial charge >= 0.3 is 6.18 Å². The first-order valence-corrected chi connectivity index (χ1v) is 8.15. The van der Waals surface area contributed by atoms with Gasteiger partial charge in [0.15, 0.2) is 0 Å². The molecule has 1 atom stereocenters. The van der Waals surface area contributed by atoms with Gasteiger partial charge in [-0.05, 0) is 31.2 Å². The highest BCUT2D eigenvalue weighted by Crippen LogP contribution is 2.33. The minimum Gasteiger partial charge on any atom is -0.316 e. The van der Waals surface area contributed by atoms with Crippen LogP contribution in [0, 0.1) is 5.41 Å². The summed E-state index contributed by atoms with van der Waals surface area (Å²) in [5.41, 5.74) is 0.333. The normalized spacial score (nSPS) is 29.7. The Morgan fingerprint density at radius 1 is 1.10 bits per heavy atom. The Kier molecular flexibility index (Phi) is 5.91. The Bertz CT molecular complexity index is 300. The molecular formula is C15H28F3N3. The second-order valence-electron chi connectivity index (χ2n) is 6.70. The van der Waals surface area contributed by atoms with Crippen molar-refractivity contribution in [2.24, 2.45) is 5.41 Å². The van der Waals surface area contributed by atoms with Crippen molar-refractivity contribution in [3.05, 3.63) is 0 Å². The molecule has 6 heteroatoms. The number of rotatable bonds is 5. The fraction of sp³-hybridized carbons (Fsp3) is 1.00. The molecule has 2 aliphatic rings. The molecule has 124 valence electrons. The van der Waals surface area contributed by atoms with Crippen molar-refractivity contribution in [2.75, 3.05) is 52.4 Å². The number of piperidine rings is 1. The van der Waals surface area contributed by atoms with Crippen molar-refractivity contribution in [3.8, 4) is 0 Å². The molecule has 0 amide bonds. The summed E-state index contributed by atoms with van der Waals surface area (Å²) in [7, 11) is 0. The lowest BCUT2D eigenvalue weighted by atomic mass is 9.76. The molecule has 0 aromatic heterocycles. The number of nitrogens with one attached hydrogen (secondary N) is 1. The molecule has 0 spiro atoms. The van der Waals surface area contributed by atoms with Gasteiger partial charge in [-0.1, -0.05) is 13.3 Å². The molecule has 0 bridgehead atoms. The van der Waals surface area contributed by atoms with Crippen molar-refractivity contribution in [1.82, 2.24) is 15.1 Å². The molecular weight excluding hydrogens is 279 g/mol. The van der Waals surface area contributed by atoms with Gasteiger partial charge in [0.25, 0.3) is 0 Å². The van der Waals surface area contributed by atoms with Crippen LogP contribution in [0.3, 0.4) is 0 Å². The Hall–Kier alpha value is -0.330. The zero-order valence-electron chi connectivity index (χ0n) is 13.0. The van der Waals surface area contributed by atoms with Crippen LogP contribution < -0.4 is 5.32 Å². The van der Waals surface area contributed by atoms with E-state index < -0.39 is 12.7 Å². The van der Waals surface area contributed by atoms with Crippen LogP contribution >= 0.6 is 0 Å². The van der Waals surface area contributed by atoms with Crippen LogP contribution in [0.15, 0.2) is 0 Å². The van der Waals surface area contributed by atoms with Gasteiger partial charge in [-0.3, -0.25) is 4.90 Å². The van der Waals surface area contributed by atoms with Crippen LogP contribution in [0.5, 0.6) is 0 Å². The molecule has 2 fully saturated rings. The van der Waals surface area contributed by atoms with Gasteiger partial charge in [0, 0.05) is 39.3 Å². The first-order valence-electron chi connectivity index (χ1n) is 8.15. The molecule has 3 nitrogen and oxygen atoms in total. The highest BCUT2D eigenvalue weighted by Gasteiger charge is 2.36. The molecule has 0 aromatic rings. The summed E-state index contributed by atoms with van der Waals surface area (Å²) in [6.45, 7) is 7.26. The van der Waals surface area contributed by atoms with Crippen LogP contribution in [0.1, 0.15) is 32.6 Å². The second kappa shape index (κ2) is 7.29. The molecule has 1 N–H and O–H groups in total. The van der Waals surface area contributed by atoms with Crippen LogP contribution in [0.2, 0.25) is 0 Å². The predicted molar refractivity (Wildman–Crippen MR) is 78.4 cm³/mol. The van der Waals surface area contributed by atoms with E-state index in [1.165, 1.54) is 30.6 Å². The third-order valence-electron chi connectivity index (χ3n) is 4.77. The van der Waals surface area contributed by atoms with Crippen molar-refractivity contribution >= 4 is 0 Å². The zero-order valence-corrected chi connectivity index (χ0v) is 13.0. The van der Waals surface area contributed by atoms with Gasteiger partial charge in [-0.15, -0.1) is 0 Å². The molecule has 21 heavy (non-hydrogen) atoms. The van der Waals surface area contributed by atoms with E-state index in [0.29, 0.717) is 18.5 Å². The predicted octanol–water partition coefficient (Wildman–Crippen LogP) is 2.34. The molecule has 0 aliphatic carbocycles. The molecule has 2 aliphatic heterocycles. The van der Waals surface area contributed by atoms with Gasteiger partial charge < -0.3 is 10.2 Å². The number of hydrogen-bond acceptors (Lipinski definition) is 3. The molecule has 1 unspecified atom stereocenters. The largest absolute Gasteiger partial charge is 0.401 e. The van der Waals surface area contributed by atoms with Gasteiger partial charge in [0.2, 0.25) is 0 Å². The van der Waals surface area contributed by atoms with Crippen molar-refractivity contribution in [3.63, 3.8) is 0 Å². The van der Waals surface area contributed by atoms with E-state index in [1.807, 2.05) is 0 Å². The van der Waals surface area contributed by atoms with E-state index in [9.17, 15) is 13.2 Å². The highest BCUT2D eigenvalue weighted by atomic mass is 19.4. The summed E-state index contributed by atoms with van der Waals surface area (Å²) >= 11 is 0. The molecule has 2 rings (SSSR count). The average Bonchev–Trinajstić information content (AvgIpc) is 2.41. The maximum Gasteiger partial charge on any atom is 0.401 e. The summed E-state index contributed by atoms with van der Waals surface area (Å²) in [5, 5.41) is 3.50. The Labute approximate surface area is 125 Å². The van der Waals surface area contributed by atoms with Crippen LogP contribution in [0.4, 0.5) is 13.2 Å². The maximum atomic E-state index is 12.4. The molecule has 0 radical (unpaired) electrons. The first-order chi connectivity index (χ1) is 9.92. The number of piperazine rings is 1. The first kappa shape index (κ1) is 17.0. The second-order valence-corrected chi connectivity index (χ2v) is 6.70. The van der Waals surface area contributed by atoms with Crippen LogP contribution in [-0.2, 0) is 0 Å². The Morgan fingerprint density at radius 3 is 2.29 bits per heavy atom. The van der Waals surface area contributed by atoms with Crippen molar-refractivity contribution < 1.29 is 13.2 Å². The number of nitrogens with zero attached hydrogens (tertiary/aromatic N) is 2. The van der Waals surface area contributed by atoms with Gasteiger partial charge in [0.05, 0.1) is 6.54 Å². The molecule has 0 saturated carbocycles. The zero-order chi connectivity index (χ0) is 15.3. The topological polar surface area (TPSA) is 18.5 Å². The minimum atomic E-state index is -4.07. The van der Waals surface area contributed by atoms with Crippen LogP contribution in [0.25, 0.3) is 0 Å². The van der Waals surface area contributed by atoms with Crippen molar-refractivity contribution in [2.45, 2.75) is 38.8 Å². The van der Waals surface area contributed by atoms with Gasteiger partial charge in [-0.25, -0.2) is 0 Å². The fourth-order valence-corrected chi connectivity index (χ4v) is 3.82. The lowest BCUT2D eigenvalue weighted by Crippen LogP contribution is -2.54. The van der Waals surface area contributed by atoms with E-state index >= 15 is 0 Å². The van der Waals surface area contributed by atoms with Gasteiger partial charge in [-0.2, -0.15) is 13.2 Å². The summed E-state index contributed by atoms with van der Waals surface area (Å²) in [6, 6.07) is 0. The summed E-state index contributed by atoms with van der Waals surface area (Å²) in [4.78, 5) is 3.90. The van der Waals surface area contributed by atoms with E-state index in [2.05, 4.69) is 17.1 Å². The molecule has 0 aromatic carbocycles. The molecule has 2 saturated heterocycles. The van der Waals surface area contributed by atoms with Gasteiger partial charge in [0.1, 0.15) is 0 Å². The number of halogens is 3. The number of alkyl halides is 3. The quantitative estimate of drug-likeness (QED) is 0.841. The SMILES string of the molecule is CCCC1(CN2CCN(CC(F)(F)F)CC2)CCCNC1. The Morgan fingerprint density at radius 2 is 1.76 bits per heavy atom. The summed E-state index contributed by atoms with van der Waals surface area (Å²) < 4.78 is 37.2. The Balaban J connectivity index is 1.81. The lowest BCUT2D eigenvalue weighted by Gasteiger charge is -2.44. The maximum absolute atomic E-state index is 12.4. The lowest BCUT2D eigenvalue weighted by molar-refractivity contribution is -0.149. The van der Waals surface area contributed by atoms with Crippen molar-refractivity contribution in [1.29, 1.82) is 0 Å². The third kappa shape index (κ3) is 5.42. The summed E-state index contributed by atoms with van der Waals surface area (Å²) in [5.74, 6) is 0. The third-order valence-corrected chi connectivity index (χ3v) is 4.77.